The molecule has 1 aromatic carbocycles. The van der Waals surface area contributed by atoms with Crippen LogP contribution in [0.25, 0.3) is 0 Å². The lowest BCUT2D eigenvalue weighted by Crippen LogP contribution is -2.42. The number of morpholine rings is 1. The molecule has 1 saturated heterocycles. The molecule has 0 aromatic heterocycles. The average molecular weight is 428 g/mol. The smallest absolute Gasteiger partial charge is 0.254 e. The van der Waals surface area contributed by atoms with Crippen molar-refractivity contribution in [3.05, 3.63) is 22.2 Å². The predicted molar refractivity (Wildman–Crippen MR) is 104 cm³/mol. The van der Waals surface area contributed by atoms with Gasteiger partial charge < -0.3 is 14.2 Å². The fourth-order valence-corrected chi connectivity index (χ4v) is 3.02. The molecule has 7 nitrogen and oxygen atoms in total. The van der Waals surface area contributed by atoms with E-state index in [1.165, 1.54) is 0 Å². The molecule has 1 amide bonds. The molecule has 1 aliphatic rings. The largest absolute Gasteiger partial charge is 0.490 e. The minimum absolute atomic E-state index is 0.143. The molecular formula is C18H26BrN3O4. The molecule has 26 heavy (non-hydrogen) atoms. The molecule has 1 N–H and O–H groups in total. The van der Waals surface area contributed by atoms with Crippen molar-refractivity contribution in [1.29, 1.82) is 0 Å². The van der Waals surface area contributed by atoms with E-state index < -0.39 is 0 Å². The maximum Gasteiger partial charge on any atom is 0.254 e. The molecule has 1 fully saturated rings. The second-order valence-corrected chi connectivity index (χ2v) is 6.65. The van der Waals surface area contributed by atoms with Gasteiger partial charge in [-0.05, 0) is 47.0 Å². The third-order valence-corrected chi connectivity index (χ3v) is 4.25. The quantitative estimate of drug-likeness (QED) is 0.483. The Bertz CT molecular complexity index is 619. The summed E-state index contributed by atoms with van der Waals surface area (Å²) in [6.07, 6.45) is 2.50. The number of rotatable bonds is 9. The van der Waals surface area contributed by atoms with Crippen LogP contribution < -0.4 is 14.9 Å². The molecule has 1 heterocycles. The molecule has 0 saturated carbocycles. The Morgan fingerprint density at radius 2 is 2.12 bits per heavy atom. The van der Waals surface area contributed by atoms with E-state index in [1.54, 1.807) is 6.21 Å². The number of carbonyl (C=O) groups excluding carboxylic acids is 1. The Hall–Kier alpha value is -1.64. The number of hydrazone groups is 1. The molecule has 0 bridgehead atoms. The van der Waals surface area contributed by atoms with E-state index in [4.69, 9.17) is 14.2 Å². The van der Waals surface area contributed by atoms with Gasteiger partial charge in [0.2, 0.25) is 0 Å². The third-order valence-electron chi connectivity index (χ3n) is 3.66. The van der Waals surface area contributed by atoms with E-state index in [1.807, 2.05) is 24.0 Å². The molecule has 0 spiro atoms. The van der Waals surface area contributed by atoms with Gasteiger partial charge in [0.15, 0.2) is 11.5 Å². The first-order valence-electron chi connectivity index (χ1n) is 8.85. The van der Waals surface area contributed by atoms with Gasteiger partial charge in [0, 0.05) is 13.1 Å². The lowest BCUT2D eigenvalue weighted by molar-refractivity contribution is -0.123. The number of nitrogens with zero attached hydrogens (tertiary/aromatic N) is 2. The van der Waals surface area contributed by atoms with Crippen molar-refractivity contribution in [3.63, 3.8) is 0 Å². The van der Waals surface area contributed by atoms with Crippen LogP contribution in [0.15, 0.2) is 21.7 Å². The lowest BCUT2D eigenvalue weighted by Gasteiger charge is -2.25. The average Bonchev–Trinajstić information content (AvgIpc) is 2.62. The van der Waals surface area contributed by atoms with E-state index in [9.17, 15) is 4.79 Å². The molecule has 8 heteroatoms. The van der Waals surface area contributed by atoms with Gasteiger partial charge in [-0.3, -0.25) is 9.69 Å². The Labute approximate surface area is 162 Å². The first-order valence-corrected chi connectivity index (χ1v) is 9.64. The van der Waals surface area contributed by atoms with Gasteiger partial charge in [-0.15, -0.1) is 0 Å². The van der Waals surface area contributed by atoms with Crippen LogP contribution in [0.1, 0.15) is 25.8 Å². The van der Waals surface area contributed by atoms with E-state index in [2.05, 4.69) is 33.4 Å². The summed E-state index contributed by atoms with van der Waals surface area (Å²) in [5.74, 6) is 1.19. The van der Waals surface area contributed by atoms with Crippen molar-refractivity contribution in [2.45, 2.75) is 20.3 Å². The van der Waals surface area contributed by atoms with Gasteiger partial charge >= 0.3 is 0 Å². The fraction of sp³-hybridized carbons (Fsp3) is 0.556. The van der Waals surface area contributed by atoms with Crippen molar-refractivity contribution in [2.24, 2.45) is 5.10 Å². The number of ether oxygens (including phenoxy) is 3. The van der Waals surface area contributed by atoms with Crippen LogP contribution in [0.3, 0.4) is 0 Å². The zero-order chi connectivity index (χ0) is 18.8. The van der Waals surface area contributed by atoms with Gasteiger partial charge in [-0.25, -0.2) is 5.43 Å². The van der Waals surface area contributed by atoms with Gasteiger partial charge in [-0.1, -0.05) is 6.92 Å². The second kappa shape index (κ2) is 11.2. The van der Waals surface area contributed by atoms with Crippen LogP contribution in [0, 0.1) is 0 Å². The predicted octanol–water partition coefficient (Wildman–Crippen LogP) is 2.42. The molecular weight excluding hydrogens is 402 g/mol. The van der Waals surface area contributed by atoms with Crippen LogP contribution in [0.4, 0.5) is 0 Å². The zero-order valence-electron chi connectivity index (χ0n) is 15.3. The minimum Gasteiger partial charge on any atom is -0.490 e. The Morgan fingerprint density at radius 3 is 2.81 bits per heavy atom. The van der Waals surface area contributed by atoms with Crippen molar-refractivity contribution in [1.82, 2.24) is 10.3 Å². The number of hydrogen-bond donors (Lipinski definition) is 1. The summed E-state index contributed by atoms with van der Waals surface area (Å²) in [4.78, 5) is 14.0. The summed E-state index contributed by atoms with van der Waals surface area (Å²) in [6.45, 7) is 8.30. The minimum atomic E-state index is -0.143. The Kier molecular flexibility index (Phi) is 8.87. The van der Waals surface area contributed by atoms with Crippen molar-refractivity contribution in [3.8, 4) is 11.5 Å². The summed E-state index contributed by atoms with van der Waals surface area (Å²) in [6, 6.07) is 3.72. The Morgan fingerprint density at radius 1 is 1.35 bits per heavy atom. The molecule has 1 aromatic rings. The standard InChI is InChI=1S/C18H26BrN3O4/c1-3-7-26-18-15(19)10-14(11-16(18)25-4-2)12-20-21-17(23)13-22-5-8-24-9-6-22/h10-12H,3-9,13H2,1-2H3,(H,21,23)/b20-12+. The van der Waals surface area contributed by atoms with Crippen molar-refractivity contribution >= 4 is 28.1 Å². The molecule has 0 unspecified atom stereocenters. The van der Waals surface area contributed by atoms with Crippen molar-refractivity contribution in [2.75, 3.05) is 46.1 Å². The Balaban J connectivity index is 1.96. The van der Waals surface area contributed by atoms with Crippen LogP contribution in [-0.4, -0.2) is 63.1 Å². The number of benzene rings is 1. The number of halogens is 1. The van der Waals surface area contributed by atoms with Gasteiger partial charge in [-0.2, -0.15) is 5.10 Å². The molecule has 144 valence electrons. The maximum absolute atomic E-state index is 11.9. The molecule has 1 aliphatic heterocycles. The highest BCUT2D eigenvalue weighted by Gasteiger charge is 2.14. The number of amides is 1. The molecule has 2 rings (SSSR count). The number of carbonyl (C=O) groups is 1. The summed E-state index contributed by atoms with van der Waals surface area (Å²) in [5, 5.41) is 4.04. The lowest BCUT2D eigenvalue weighted by atomic mass is 10.2. The highest BCUT2D eigenvalue weighted by atomic mass is 79.9. The topological polar surface area (TPSA) is 72.4 Å². The second-order valence-electron chi connectivity index (χ2n) is 5.79. The third kappa shape index (κ3) is 6.59. The van der Waals surface area contributed by atoms with Gasteiger partial charge in [0.25, 0.3) is 5.91 Å². The fourth-order valence-electron chi connectivity index (χ4n) is 2.45. The molecule has 0 aliphatic carbocycles. The van der Waals surface area contributed by atoms with Gasteiger partial charge in [0.05, 0.1) is 43.7 Å². The number of hydrogen-bond acceptors (Lipinski definition) is 6. The summed E-state index contributed by atoms with van der Waals surface area (Å²) in [7, 11) is 0. The summed E-state index contributed by atoms with van der Waals surface area (Å²) >= 11 is 3.51. The molecule has 0 atom stereocenters. The SMILES string of the molecule is CCCOc1c(Br)cc(/C=N/NC(=O)CN2CCOCC2)cc1OCC. The van der Waals surface area contributed by atoms with Crippen LogP contribution in [0.2, 0.25) is 0 Å². The van der Waals surface area contributed by atoms with Crippen LogP contribution in [-0.2, 0) is 9.53 Å². The monoisotopic (exact) mass is 427 g/mol. The van der Waals surface area contributed by atoms with E-state index in [0.717, 1.165) is 29.5 Å². The highest BCUT2D eigenvalue weighted by molar-refractivity contribution is 9.10. The summed E-state index contributed by atoms with van der Waals surface area (Å²) in [5.41, 5.74) is 3.36. The first kappa shape index (κ1) is 20.7. The normalized spacial score (nSPS) is 15.2. The highest BCUT2D eigenvalue weighted by Crippen LogP contribution is 2.36. The number of nitrogens with one attached hydrogen (secondary N) is 1. The van der Waals surface area contributed by atoms with E-state index >= 15 is 0 Å². The summed E-state index contributed by atoms with van der Waals surface area (Å²) < 4.78 is 17.5. The van der Waals surface area contributed by atoms with Crippen LogP contribution in [0.5, 0.6) is 11.5 Å². The first-order chi connectivity index (χ1) is 12.6. The maximum atomic E-state index is 11.9. The van der Waals surface area contributed by atoms with Crippen molar-refractivity contribution < 1.29 is 19.0 Å². The zero-order valence-corrected chi connectivity index (χ0v) is 16.9. The van der Waals surface area contributed by atoms with Crippen LogP contribution >= 0.6 is 15.9 Å². The van der Waals surface area contributed by atoms with E-state index in [0.29, 0.717) is 44.5 Å². The van der Waals surface area contributed by atoms with E-state index in [-0.39, 0.29) is 5.91 Å². The van der Waals surface area contributed by atoms with Gasteiger partial charge in [0.1, 0.15) is 0 Å². The molecule has 0 radical (unpaired) electrons.